The van der Waals surface area contributed by atoms with E-state index in [1.165, 1.54) is 11.8 Å². The molecule has 0 atom stereocenters. The SMILES string of the molecule is Cc1ccc(N)c(SCC(=O)Nc2cc(Cl)ccc2Cl)c1. The Kier molecular flexibility index (Phi) is 5.39. The lowest BCUT2D eigenvalue weighted by molar-refractivity contribution is -0.113. The number of hydrogen-bond acceptors (Lipinski definition) is 3. The zero-order valence-electron chi connectivity index (χ0n) is 11.3. The zero-order chi connectivity index (χ0) is 15.4. The Morgan fingerprint density at radius 1 is 1.24 bits per heavy atom. The summed E-state index contributed by atoms with van der Waals surface area (Å²) in [5.74, 6) is 0.0846. The van der Waals surface area contributed by atoms with Crippen LogP contribution in [-0.4, -0.2) is 11.7 Å². The molecule has 21 heavy (non-hydrogen) atoms. The number of amides is 1. The van der Waals surface area contributed by atoms with Gasteiger partial charge in [-0.05, 0) is 42.8 Å². The molecule has 110 valence electrons. The van der Waals surface area contributed by atoms with Gasteiger partial charge in [-0.15, -0.1) is 11.8 Å². The number of benzene rings is 2. The molecule has 2 rings (SSSR count). The van der Waals surface area contributed by atoms with E-state index in [0.717, 1.165) is 10.5 Å². The van der Waals surface area contributed by atoms with E-state index in [9.17, 15) is 4.79 Å². The minimum absolute atomic E-state index is 0.162. The first-order valence-corrected chi connectivity index (χ1v) is 7.93. The molecule has 1 amide bonds. The first-order chi connectivity index (χ1) is 9.95. The number of nitrogens with two attached hydrogens (primary N) is 1. The Labute approximate surface area is 137 Å². The molecule has 0 unspecified atom stereocenters. The van der Waals surface area contributed by atoms with Gasteiger partial charge in [-0.2, -0.15) is 0 Å². The Bertz CT molecular complexity index is 677. The van der Waals surface area contributed by atoms with Crippen LogP contribution in [0.1, 0.15) is 5.56 Å². The van der Waals surface area contributed by atoms with Gasteiger partial charge < -0.3 is 11.1 Å². The van der Waals surface area contributed by atoms with Gasteiger partial charge in [-0.3, -0.25) is 4.79 Å². The van der Waals surface area contributed by atoms with Gasteiger partial charge >= 0.3 is 0 Å². The van der Waals surface area contributed by atoms with E-state index in [1.807, 2.05) is 25.1 Å². The molecule has 6 heteroatoms. The number of aryl methyl sites for hydroxylation is 1. The summed E-state index contributed by atoms with van der Waals surface area (Å²) in [5.41, 5.74) is 8.16. The van der Waals surface area contributed by atoms with Crippen LogP contribution in [0.15, 0.2) is 41.3 Å². The molecule has 0 aromatic heterocycles. The molecular weight excluding hydrogens is 327 g/mol. The van der Waals surface area contributed by atoms with Gasteiger partial charge in [0.2, 0.25) is 5.91 Å². The highest BCUT2D eigenvalue weighted by molar-refractivity contribution is 8.00. The van der Waals surface area contributed by atoms with Crippen molar-refractivity contribution in [1.29, 1.82) is 0 Å². The number of rotatable bonds is 4. The van der Waals surface area contributed by atoms with Crippen LogP contribution in [0.3, 0.4) is 0 Å². The second-order valence-electron chi connectivity index (χ2n) is 4.50. The Morgan fingerprint density at radius 2 is 2.00 bits per heavy atom. The predicted molar refractivity (Wildman–Crippen MR) is 91.4 cm³/mol. The number of hydrogen-bond donors (Lipinski definition) is 2. The van der Waals surface area contributed by atoms with Crippen LogP contribution in [-0.2, 0) is 4.79 Å². The molecule has 3 nitrogen and oxygen atoms in total. The fraction of sp³-hybridized carbons (Fsp3) is 0.133. The van der Waals surface area contributed by atoms with Crippen LogP contribution in [0, 0.1) is 6.92 Å². The van der Waals surface area contributed by atoms with Crippen molar-refractivity contribution in [1.82, 2.24) is 0 Å². The lowest BCUT2D eigenvalue weighted by Crippen LogP contribution is -2.14. The number of halogens is 2. The van der Waals surface area contributed by atoms with Crippen LogP contribution in [0.2, 0.25) is 10.0 Å². The first kappa shape index (κ1) is 16.0. The van der Waals surface area contributed by atoms with Crippen LogP contribution >= 0.6 is 35.0 Å². The van der Waals surface area contributed by atoms with Crippen molar-refractivity contribution in [2.75, 3.05) is 16.8 Å². The van der Waals surface area contributed by atoms with Crippen molar-refractivity contribution >= 4 is 52.2 Å². The maximum absolute atomic E-state index is 12.0. The van der Waals surface area contributed by atoms with E-state index in [1.54, 1.807) is 18.2 Å². The maximum atomic E-state index is 12.0. The Hall–Kier alpha value is -1.36. The largest absolute Gasteiger partial charge is 0.398 e. The van der Waals surface area contributed by atoms with Gasteiger partial charge in [-0.1, -0.05) is 29.3 Å². The quantitative estimate of drug-likeness (QED) is 0.630. The minimum atomic E-state index is -0.162. The van der Waals surface area contributed by atoms with E-state index >= 15 is 0 Å². The third-order valence-corrected chi connectivity index (χ3v) is 4.37. The monoisotopic (exact) mass is 340 g/mol. The molecule has 0 fully saturated rings. The molecule has 0 bridgehead atoms. The molecule has 0 aliphatic rings. The third-order valence-electron chi connectivity index (χ3n) is 2.73. The summed E-state index contributed by atoms with van der Waals surface area (Å²) in [7, 11) is 0. The number of nitrogen functional groups attached to an aromatic ring is 1. The van der Waals surface area contributed by atoms with Gasteiger partial charge in [0.25, 0.3) is 0 Å². The zero-order valence-corrected chi connectivity index (χ0v) is 13.6. The van der Waals surface area contributed by atoms with Crippen LogP contribution < -0.4 is 11.1 Å². The van der Waals surface area contributed by atoms with Crippen LogP contribution in [0.5, 0.6) is 0 Å². The summed E-state index contributed by atoms with van der Waals surface area (Å²) in [4.78, 5) is 12.9. The lowest BCUT2D eigenvalue weighted by Gasteiger charge is -2.09. The molecule has 0 saturated carbocycles. The van der Waals surface area contributed by atoms with E-state index in [-0.39, 0.29) is 11.7 Å². The van der Waals surface area contributed by atoms with E-state index in [2.05, 4.69) is 5.32 Å². The summed E-state index contributed by atoms with van der Waals surface area (Å²) < 4.78 is 0. The van der Waals surface area contributed by atoms with Gasteiger partial charge in [-0.25, -0.2) is 0 Å². The molecule has 0 heterocycles. The highest BCUT2D eigenvalue weighted by Crippen LogP contribution is 2.28. The van der Waals surface area contributed by atoms with Gasteiger partial charge in [0.05, 0.1) is 16.5 Å². The topological polar surface area (TPSA) is 55.1 Å². The minimum Gasteiger partial charge on any atom is -0.398 e. The summed E-state index contributed by atoms with van der Waals surface area (Å²) in [6.07, 6.45) is 0. The first-order valence-electron chi connectivity index (χ1n) is 6.19. The van der Waals surface area contributed by atoms with E-state index in [4.69, 9.17) is 28.9 Å². The average Bonchev–Trinajstić information content (AvgIpc) is 2.44. The number of anilines is 2. The molecule has 3 N–H and O–H groups in total. The fourth-order valence-corrected chi connectivity index (χ4v) is 2.89. The number of thioether (sulfide) groups is 1. The standard InChI is InChI=1S/C15H14Cl2N2OS/c1-9-2-5-12(18)14(6-9)21-8-15(20)19-13-7-10(16)3-4-11(13)17/h2-7H,8,18H2,1H3,(H,19,20). The number of nitrogens with one attached hydrogen (secondary N) is 1. The van der Waals surface area contributed by atoms with Crippen molar-refractivity contribution in [2.24, 2.45) is 0 Å². The lowest BCUT2D eigenvalue weighted by atomic mass is 10.2. The second kappa shape index (κ2) is 7.07. The number of carbonyl (C=O) groups is 1. The Balaban J connectivity index is 1.99. The molecule has 2 aromatic rings. The molecule has 0 spiro atoms. The third kappa shape index (κ3) is 4.56. The van der Waals surface area contributed by atoms with Crippen LogP contribution in [0.4, 0.5) is 11.4 Å². The summed E-state index contributed by atoms with van der Waals surface area (Å²) in [5, 5.41) is 3.71. The molecular formula is C15H14Cl2N2OS. The second-order valence-corrected chi connectivity index (χ2v) is 6.36. The fourth-order valence-electron chi connectivity index (χ4n) is 1.69. The maximum Gasteiger partial charge on any atom is 0.234 e. The summed E-state index contributed by atoms with van der Waals surface area (Å²) in [6, 6.07) is 10.7. The van der Waals surface area contributed by atoms with Crippen molar-refractivity contribution < 1.29 is 4.79 Å². The summed E-state index contributed by atoms with van der Waals surface area (Å²) >= 11 is 13.3. The van der Waals surface area contributed by atoms with E-state index < -0.39 is 0 Å². The normalized spacial score (nSPS) is 10.4. The van der Waals surface area contributed by atoms with Crippen molar-refractivity contribution in [3.63, 3.8) is 0 Å². The van der Waals surface area contributed by atoms with Crippen molar-refractivity contribution in [2.45, 2.75) is 11.8 Å². The molecule has 0 aliphatic carbocycles. The Morgan fingerprint density at radius 3 is 2.76 bits per heavy atom. The summed E-state index contributed by atoms with van der Waals surface area (Å²) in [6.45, 7) is 1.98. The highest BCUT2D eigenvalue weighted by atomic mass is 35.5. The van der Waals surface area contributed by atoms with Gasteiger partial charge in [0.15, 0.2) is 0 Å². The molecule has 0 radical (unpaired) electrons. The van der Waals surface area contributed by atoms with Crippen LogP contribution in [0.25, 0.3) is 0 Å². The molecule has 2 aromatic carbocycles. The molecule has 0 aliphatic heterocycles. The van der Waals surface area contributed by atoms with Gasteiger partial charge in [0, 0.05) is 15.6 Å². The highest BCUT2D eigenvalue weighted by Gasteiger charge is 2.09. The van der Waals surface area contributed by atoms with Crippen molar-refractivity contribution in [3.8, 4) is 0 Å². The number of carbonyl (C=O) groups excluding carboxylic acids is 1. The predicted octanol–water partition coefficient (Wildman–Crippen LogP) is 4.61. The molecule has 0 saturated heterocycles. The van der Waals surface area contributed by atoms with Crippen molar-refractivity contribution in [3.05, 3.63) is 52.0 Å². The van der Waals surface area contributed by atoms with E-state index in [0.29, 0.717) is 21.4 Å². The smallest absolute Gasteiger partial charge is 0.234 e. The van der Waals surface area contributed by atoms with Gasteiger partial charge in [0.1, 0.15) is 0 Å². The average molecular weight is 341 g/mol.